The zero-order valence-corrected chi connectivity index (χ0v) is 13.1. The predicted molar refractivity (Wildman–Crippen MR) is 80.8 cm³/mol. The molecule has 0 saturated carbocycles. The number of benzene rings is 1. The zero-order valence-electron chi connectivity index (χ0n) is 13.1. The normalized spacial score (nSPS) is 10.8. The summed E-state index contributed by atoms with van der Waals surface area (Å²) in [5.41, 5.74) is -1.27. The van der Waals surface area contributed by atoms with Gasteiger partial charge in [0, 0.05) is 12.0 Å². The number of hydrogen-bond donors (Lipinski definition) is 3. The lowest BCUT2D eigenvalue weighted by Crippen LogP contribution is -2.45. The largest absolute Gasteiger partial charge is 0.481 e. The van der Waals surface area contributed by atoms with E-state index in [9.17, 15) is 18.8 Å². The van der Waals surface area contributed by atoms with E-state index >= 15 is 0 Å². The maximum absolute atomic E-state index is 14.1. The Morgan fingerprint density at radius 1 is 1.30 bits per heavy atom. The van der Waals surface area contributed by atoms with Crippen molar-refractivity contribution < 1.29 is 28.6 Å². The van der Waals surface area contributed by atoms with Gasteiger partial charge < -0.3 is 20.5 Å². The number of aliphatic carboxylic acids is 1. The number of carboxylic acids is 1. The second kappa shape index (κ2) is 7.57. The van der Waals surface area contributed by atoms with Gasteiger partial charge in [-0.25, -0.2) is 14.0 Å². The summed E-state index contributed by atoms with van der Waals surface area (Å²) < 4.78 is 18.6. The summed E-state index contributed by atoms with van der Waals surface area (Å²) >= 11 is 0. The Morgan fingerprint density at radius 2 is 1.96 bits per heavy atom. The highest BCUT2D eigenvalue weighted by Crippen LogP contribution is 2.19. The van der Waals surface area contributed by atoms with Gasteiger partial charge in [0.2, 0.25) is 0 Å². The van der Waals surface area contributed by atoms with Gasteiger partial charge >= 0.3 is 18.0 Å². The van der Waals surface area contributed by atoms with E-state index in [4.69, 9.17) is 5.11 Å². The first-order valence-electron chi connectivity index (χ1n) is 6.84. The molecule has 0 aliphatic heterocycles. The molecule has 8 heteroatoms. The third-order valence-electron chi connectivity index (χ3n) is 3.07. The van der Waals surface area contributed by atoms with Gasteiger partial charge in [-0.2, -0.15) is 0 Å². The SMILES string of the molecule is COC(=O)c1cccc(NC(=O)NC(C)(C)CCC(=O)O)c1F. The summed E-state index contributed by atoms with van der Waals surface area (Å²) in [7, 11) is 1.12. The second-order valence-corrected chi connectivity index (χ2v) is 5.52. The van der Waals surface area contributed by atoms with Crippen LogP contribution in [-0.4, -0.2) is 35.7 Å². The average molecular weight is 326 g/mol. The molecular formula is C15H19FN2O5. The van der Waals surface area contributed by atoms with E-state index in [1.807, 2.05) is 0 Å². The molecule has 0 unspecified atom stereocenters. The molecule has 126 valence electrons. The first-order valence-corrected chi connectivity index (χ1v) is 6.84. The van der Waals surface area contributed by atoms with E-state index in [-0.39, 0.29) is 24.1 Å². The number of anilines is 1. The highest BCUT2D eigenvalue weighted by atomic mass is 19.1. The van der Waals surface area contributed by atoms with Crippen molar-refractivity contribution in [3.8, 4) is 0 Å². The second-order valence-electron chi connectivity index (χ2n) is 5.52. The van der Waals surface area contributed by atoms with Crippen molar-refractivity contribution >= 4 is 23.7 Å². The minimum absolute atomic E-state index is 0.112. The van der Waals surface area contributed by atoms with E-state index in [0.717, 1.165) is 7.11 Å². The van der Waals surface area contributed by atoms with Crippen molar-refractivity contribution in [2.24, 2.45) is 0 Å². The van der Waals surface area contributed by atoms with Gasteiger partial charge in [0.25, 0.3) is 0 Å². The lowest BCUT2D eigenvalue weighted by Gasteiger charge is -2.25. The Morgan fingerprint density at radius 3 is 2.52 bits per heavy atom. The van der Waals surface area contributed by atoms with Crippen molar-refractivity contribution in [2.45, 2.75) is 32.2 Å². The molecule has 2 amide bonds. The van der Waals surface area contributed by atoms with Gasteiger partial charge in [0.15, 0.2) is 5.82 Å². The Balaban J connectivity index is 2.78. The number of urea groups is 1. The number of amides is 2. The molecule has 0 aliphatic carbocycles. The number of carboxylic acid groups (broad SMARTS) is 1. The van der Waals surface area contributed by atoms with Crippen molar-refractivity contribution in [1.29, 1.82) is 0 Å². The summed E-state index contributed by atoms with van der Waals surface area (Å²) in [6.07, 6.45) is 0.0971. The van der Waals surface area contributed by atoms with Gasteiger partial charge in [0.05, 0.1) is 18.4 Å². The fourth-order valence-electron chi connectivity index (χ4n) is 1.84. The first kappa shape index (κ1) is 18.4. The molecule has 0 fully saturated rings. The molecule has 1 rings (SSSR count). The maximum Gasteiger partial charge on any atom is 0.340 e. The molecule has 0 heterocycles. The van der Waals surface area contributed by atoms with E-state index in [2.05, 4.69) is 15.4 Å². The lowest BCUT2D eigenvalue weighted by molar-refractivity contribution is -0.137. The number of halogens is 1. The third kappa shape index (κ3) is 5.57. The van der Waals surface area contributed by atoms with Crippen LogP contribution in [-0.2, 0) is 9.53 Å². The standard InChI is InChI=1S/C15H19FN2O5/c1-15(2,8-7-11(19)20)18-14(22)17-10-6-4-5-9(12(10)16)13(21)23-3/h4-6H,7-8H2,1-3H3,(H,19,20)(H2,17,18,22). The number of carbonyl (C=O) groups excluding carboxylic acids is 2. The van der Waals surface area contributed by atoms with Gasteiger partial charge in [-0.1, -0.05) is 6.07 Å². The van der Waals surface area contributed by atoms with Gasteiger partial charge in [0.1, 0.15) is 0 Å². The summed E-state index contributed by atoms with van der Waals surface area (Å²) in [6, 6.07) is 3.23. The smallest absolute Gasteiger partial charge is 0.340 e. The minimum atomic E-state index is -0.975. The molecule has 0 saturated heterocycles. The highest BCUT2D eigenvalue weighted by Gasteiger charge is 2.23. The summed E-state index contributed by atoms with van der Waals surface area (Å²) in [4.78, 5) is 33.9. The summed E-state index contributed by atoms with van der Waals surface area (Å²) in [6.45, 7) is 3.30. The van der Waals surface area contributed by atoms with Crippen molar-refractivity contribution in [3.05, 3.63) is 29.6 Å². The van der Waals surface area contributed by atoms with Crippen LogP contribution < -0.4 is 10.6 Å². The fraction of sp³-hybridized carbons (Fsp3) is 0.400. The zero-order chi connectivity index (χ0) is 17.6. The molecule has 0 spiro atoms. The Hall–Kier alpha value is -2.64. The molecule has 1 aromatic carbocycles. The number of carbonyl (C=O) groups is 3. The number of esters is 1. The fourth-order valence-corrected chi connectivity index (χ4v) is 1.84. The molecule has 0 bridgehead atoms. The van der Waals surface area contributed by atoms with Crippen LogP contribution in [0.15, 0.2) is 18.2 Å². The van der Waals surface area contributed by atoms with Crippen molar-refractivity contribution in [3.63, 3.8) is 0 Å². The van der Waals surface area contributed by atoms with Crippen LogP contribution in [0.4, 0.5) is 14.9 Å². The minimum Gasteiger partial charge on any atom is -0.481 e. The van der Waals surface area contributed by atoms with Crippen molar-refractivity contribution in [1.82, 2.24) is 5.32 Å². The van der Waals surface area contributed by atoms with E-state index < -0.39 is 29.3 Å². The van der Waals surface area contributed by atoms with Gasteiger partial charge in [-0.3, -0.25) is 4.79 Å². The van der Waals surface area contributed by atoms with Crippen LogP contribution in [0.1, 0.15) is 37.0 Å². The van der Waals surface area contributed by atoms with Gasteiger partial charge in [-0.05, 0) is 32.4 Å². The third-order valence-corrected chi connectivity index (χ3v) is 3.07. The van der Waals surface area contributed by atoms with Crippen LogP contribution in [0.3, 0.4) is 0 Å². The predicted octanol–water partition coefficient (Wildman–Crippen LogP) is 2.38. The van der Waals surface area contributed by atoms with E-state index in [1.54, 1.807) is 13.8 Å². The molecule has 0 radical (unpaired) electrons. The maximum atomic E-state index is 14.1. The monoisotopic (exact) mass is 326 g/mol. The average Bonchev–Trinajstić information content (AvgIpc) is 2.46. The van der Waals surface area contributed by atoms with E-state index in [1.165, 1.54) is 18.2 Å². The molecule has 0 aromatic heterocycles. The lowest BCUT2D eigenvalue weighted by atomic mass is 9.99. The van der Waals surface area contributed by atoms with Crippen LogP contribution in [0.2, 0.25) is 0 Å². The Bertz CT molecular complexity index is 616. The summed E-state index contributed by atoms with van der Waals surface area (Å²) in [5, 5.41) is 13.5. The summed E-state index contributed by atoms with van der Waals surface area (Å²) in [5.74, 6) is -2.73. The number of nitrogens with one attached hydrogen (secondary N) is 2. The molecule has 7 nitrogen and oxygen atoms in total. The van der Waals surface area contributed by atoms with Crippen molar-refractivity contribution in [2.75, 3.05) is 12.4 Å². The van der Waals surface area contributed by atoms with Gasteiger partial charge in [-0.15, -0.1) is 0 Å². The number of methoxy groups -OCH3 is 1. The highest BCUT2D eigenvalue weighted by molar-refractivity contribution is 5.94. The molecule has 1 aromatic rings. The quantitative estimate of drug-likeness (QED) is 0.696. The Kier molecular flexibility index (Phi) is 6.06. The molecule has 3 N–H and O–H groups in total. The topological polar surface area (TPSA) is 105 Å². The van der Waals surface area contributed by atoms with E-state index in [0.29, 0.717) is 0 Å². The first-order chi connectivity index (χ1) is 10.7. The number of ether oxygens (including phenoxy) is 1. The number of hydrogen-bond acceptors (Lipinski definition) is 4. The molecule has 23 heavy (non-hydrogen) atoms. The molecule has 0 aliphatic rings. The molecular weight excluding hydrogens is 307 g/mol. The van der Waals surface area contributed by atoms with Crippen LogP contribution in [0.25, 0.3) is 0 Å². The van der Waals surface area contributed by atoms with Crippen LogP contribution in [0.5, 0.6) is 0 Å². The van der Waals surface area contributed by atoms with Crippen LogP contribution in [0, 0.1) is 5.82 Å². The number of rotatable bonds is 6. The molecule has 0 atom stereocenters. The van der Waals surface area contributed by atoms with Crippen LogP contribution >= 0.6 is 0 Å². The Labute approximate surface area is 132 Å².